The van der Waals surface area contributed by atoms with Gasteiger partial charge in [-0.25, -0.2) is 8.42 Å². The van der Waals surface area contributed by atoms with E-state index < -0.39 is 15.1 Å². The van der Waals surface area contributed by atoms with E-state index in [2.05, 4.69) is 6.07 Å². The van der Waals surface area contributed by atoms with Crippen LogP contribution in [0.2, 0.25) is 0 Å². The van der Waals surface area contributed by atoms with Crippen LogP contribution in [0.5, 0.6) is 0 Å². The maximum atomic E-state index is 11.8. The first-order valence-corrected chi connectivity index (χ1v) is 7.45. The highest BCUT2D eigenvalue weighted by molar-refractivity contribution is 7.92. The molecule has 1 aromatic rings. The first kappa shape index (κ1) is 12.9. The minimum atomic E-state index is -3.08. The van der Waals surface area contributed by atoms with Crippen LogP contribution in [-0.4, -0.2) is 39.1 Å². The van der Waals surface area contributed by atoms with Gasteiger partial charge in [0.15, 0.2) is 9.84 Å². The number of sulfone groups is 1. The predicted octanol–water partition coefficient (Wildman–Crippen LogP) is 0.120. The Kier molecular flexibility index (Phi) is 3.55. The van der Waals surface area contributed by atoms with E-state index in [1.165, 1.54) is 0 Å². The average Bonchev–Trinajstić information content (AvgIpc) is 2.38. The summed E-state index contributed by atoms with van der Waals surface area (Å²) in [6, 6.07) is 9.33. The molecule has 2 rings (SSSR count). The van der Waals surface area contributed by atoms with Gasteiger partial charge < -0.3 is 10.6 Å². The smallest absolute Gasteiger partial charge is 0.157 e. The number of anilines is 1. The van der Waals surface area contributed by atoms with E-state index in [1.807, 2.05) is 17.0 Å². The van der Waals surface area contributed by atoms with Gasteiger partial charge in [0, 0.05) is 19.6 Å². The van der Waals surface area contributed by atoms with Crippen LogP contribution in [0.4, 0.5) is 5.69 Å². The third-order valence-corrected chi connectivity index (χ3v) is 5.31. The topological polar surface area (TPSA) is 87.2 Å². The van der Waals surface area contributed by atoms with Gasteiger partial charge in [0.1, 0.15) is 6.07 Å². The van der Waals surface area contributed by atoms with Gasteiger partial charge in [-0.15, -0.1) is 0 Å². The zero-order chi connectivity index (χ0) is 13.2. The Labute approximate surface area is 107 Å². The van der Waals surface area contributed by atoms with Gasteiger partial charge >= 0.3 is 0 Å². The Morgan fingerprint density at radius 2 is 2.17 bits per heavy atom. The molecule has 0 spiro atoms. The van der Waals surface area contributed by atoms with E-state index in [-0.39, 0.29) is 12.3 Å². The van der Waals surface area contributed by atoms with Crippen LogP contribution in [0.1, 0.15) is 5.56 Å². The maximum Gasteiger partial charge on any atom is 0.157 e. The quantitative estimate of drug-likeness (QED) is 0.820. The first-order valence-electron chi connectivity index (χ1n) is 5.74. The molecule has 6 heteroatoms. The van der Waals surface area contributed by atoms with Crippen LogP contribution in [0.3, 0.4) is 0 Å². The Morgan fingerprint density at radius 3 is 2.83 bits per heavy atom. The van der Waals surface area contributed by atoms with Crippen molar-refractivity contribution >= 4 is 15.5 Å². The average molecular weight is 265 g/mol. The molecule has 0 aromatic heterocycles. The molecule has 18 heavy (non-hydrogen) atoms. The number of benzene rings is 1. The fourth-order valence-corrected chi connectivity index (χ4v) is 3.65. The maximum absolute atomic E-state index is 11.8. The molecule has 1 heterocycles. The number of para-hydroxylation sites is 1. The highest BCUT2D eigenvalue weighted by atomic mass is 32.2. The second-order valence-electron chi connectivity index (χ2n) is 4.30. The van der Waals surface area contributed by atoms with Gasteiger partial charge in [0.05, 0.1) is 22.3 Å². The highest BCUT2D eigenvalue weighted by Crippen LogP contribution is 2.23. The van der Waals surface area contributed by atoms with Crippen LogP contribution < -0.4 is 10.6 Å². The first-order chi connectivity index (χ1) is 8.58. The van der Waals surface area contributed by atoms with Gasteiger partial charge in [-0.1, -0.05) is 12.1 Å². The molecule has 1 aliphatic rings. The molecule has 0 amide bonds. The van der Waals surface area contributed by atoms with E-state index in [0.29, 0.717) is 18.7 Å². The standard InChI is InChI=1S/C12H15N3O2S/c13-7-10-3-1-2-4-12(10)15-5-6-18(16,17)11(8-14)9-15/h1-4,11H,5-6,8-9,14H2. The molecule has 1 fully saturated rings. The van der Waals surface area contributed by atoms with Crippen molar-refractivity contribution in [1.29, 1.82) is 5.26 Å². The second-order valence-corrected chi connectivity index (χ2v) is 6.70. The zero-order valence-corrected chi connectivity index (χ0v) is 10.7. The predicted molar refractivity (Wildman–Crippen MR) is 70.0 cm³/mol. The summed E-state index contributed by atoms with van der Waals surface area (Å²) in [4.78, 5) is 1.93. The van der Waals surface area contributed by atoms with Crippen molar-refractivity contribution in [3.05, 3.63) is 29.8 Å². The van der Waals surface area contributed by atoms with Gasteiger partial charge in [-0.3, -0.25) is 0 Å². The van der Waals surface area contributed by atoms with Crippen molar-refractivity contribution in [2.75, 3.05) is 30.3 Å². The fraction of sp³-hybridized carbons (Fsp3) is 0.417. The molecular formula is C12H15N3O2S. The number of hydrogen-bond donors (Lipinski definition) is 1. The third kappa shape index (κ3) is 2.33. The molecule has 2 N–H and O–H groups in total. The summed E-state index contributed by atoms with van der Waals surface area (Å²) in [6.45, 7) is 0.891. The summed E-state index contributed by atoms with van der Waals surface area (Å²) in [5.74, 6) is 0.0919. The number of nitrogens with zero attached hydrogens (tertiary/aromatic N) is 2. The van der Waals surface area contributed by atoms with Crippen LogP contribution in [0, 0.1) is 11.3 Å². The molecule has 1 atom stereocenters. The summed E-state index contributed by atoms with van der Waals surface area (Å²) in [5.41, 5.74) is 6.87. The number of hydrogen-bond acceptors (Lipinski definition) is 5. The monoisotopic (exact) mass is 265 g/mol. The number of nitriles is 1. The number of rotatable bonds is 2. The SMILES string of the molecule is N#Cc1ccccc1N1CCS(=O)(=O)C(CN)C1. The largest absolute Gasteiger partial charge is 0.368 e. The van der Waals surface area contributed by atoms with Gasteiger partial charge in [-0.05, 0) is 12.1 Å². The fourth-order valence-electron chi connectivity index (χ4n) is 2.14. The van der Waals surface area contributed by atoms with Gasteiger partial charge in [0.25, 0.3) is 0 Å². The Bertz CT molecular complexity index is 577. The lowest BCUT2D eigenvalue weighted by Gasteiger charge is -2.34. The van der Waals surface area contributed by atoms with E-state index in [1.54, 1.807) is 12.1 Å². The normalized spacial score (nSPS) is 22.4. The molecule has 5 nitrogen and oxygen atoms in total. The summed E-state index contributed by atoms with van der Waals surface area (Å²) in [6.07, 6.45) is 0. The summed E-state index contributed by atoms with van der Waals surface area (Å²) in [7, 11) is -3.08. The molecule has 0 aliphatic carbocycles. The lowest BCUT2D eigenvalue weighted by molar-refractivity contribution is 0.563. The molecule has 1 unspecified atom stereocenters. The van der Waals surface area contributed by atoms with E-state index in [4.69, 9.17) is 11.0 Å². The summed E-state index contributed by atoms with van der Waals surface area (Å²) >= 11 is 0. The van der Waals surface area contributed by atoms with Crippen LogP contribution in [0.25, 0.3) is 0 Å². The third-order valence-electron chi connectivity index (χ3n) is 3.21. The molecular weight excluding hydrogens is 250 g/mol. The molecule has 0 saturated carbocycles. The molecule has 96 valence electrons. The Hall–Kier alpha value is -1.58. The molecule has 1 aromatic carbocycles. The minimum Gasteiger partial charge on any atom is -0.368 e. The van der Waals surface area contributed by atoms with Gasteiger partial charge in [0.2, 0.25) is 0 Å². The molecule has 0 radical (unpaired) electrons. The lowest BCUT2D eigenvalue weighted by Crippen LogP contribution is -2.50. The van der Waals surface area contributed by atoms with E-state index in [9.17, 15) is 8.42 Å². The van der Waals surface area contributed by atoms with Crippen molar-refractivity contribution in [1.82, 2.24) is 0 Å². The molecule has 0 bridgehead atoms. The Morgan fingerprint density at radius 1 is 1.44 bits per heavy atom. The van der Waals surface area contributed by atoms with Crippen molar-refractivity contribution in [2.45, 2.75) is 5.25 Å². The van der Waals surface area contributed by atoms with Gasteiger partial charge in [-0.2, -0.15) is 5.26 Å². The minimum absolute atomic E-state index is 0.0919. The lowest BCUT2D eigenvalue weighted by atomic mass is 10.1. The van der Waals surface area contributed by atoms with Crippen molar-refractivity contribution in [2.24, 2.45) is 5.73 Å². The van der Waals surface area contributed by atoms with Crippen molar-refractivity contribution in [3.63, 3.8) is 0 Å². The van der Waals surface area contributed by atoms with Crippen LogP contribution in [0.15, 0.2) is 24.3 Å². The summed E-state index contributed by atoms with van der Waals surface area (Å²) < 4.78 is 23.5. The van der Waals surface area contributed by atoms with E-state index >= 15 is 0 Å². The zero-order valence-electron chi connectivity index (χ0n) is 9.91. The molecule has 1 saturated heterocycles. The van der Waals surface area contributed by atoms with Crippen molar-refractivity contribution < 1.29 is 8.42 Å². The van der Waals surface area contributed by atoms with E-state index in [0.717, 1.165) is 5.69 Å². The van der Waals surface area contributed by atoms with Crippen molar-refractivity contribution in [3.8, 4) is 6.07 Å². The summed E-state index contributed by atoms with van der Waals surface area (Å²) in [5, 5.41) is 8.51. The molecule has 1 aliphatic heterocycles. The van der Waals surface area contributed by atoms with Crippen LogP contribution >= 0.6 is 0 Å². The second kappa shape index (κ2) is 4.96. The number of nitrogens with two attached hydrogens (primary N) is 1. The highest BCUT2D eigenvalue weighted by Gasteiger charge is 2.32. The van der Waals surface area contributed by atoms with Crippen LogP contribution in [-0.2, 0) is 9.84 Å². The Balaban J connectivity index is 2.29.